The lowest BCUT2D eigenvalue weighted by molar-refractivity contribution is 0.559. The van der Waals surface area contributed by atoms with Crippen molar-refractivity contribution < 1.29 is 0 Å². The summed E-state index contributed by atoms with van der Waals surface area (Å²) in [4.78, 5) is 4.33. The Balaban J connectivity index is 1.80. The Hall–Kier alpha value is -1.20. The standard InChI is InChI=1S/C12H18N4S/c1-3-16-11(4-5-15-16)9-13-8-10(2)12-14-6-7-17-12/h4-7,10,13H,3,8-9H2,1-2H3. The third-order valence-electron chi connectivity index (χ3n) is 2.73. The largest absolute Gasteiger partial charge is 0.310 e. The van der Waals surface area contributed by atoms with E-state index < -0.39 is 0 Å². The van der Waals surface area contributed by atoms with Gasteiger partial charge in [-0.3, -0.25) is 4.68 Å². The van der Waals surface area contributed by atoms with Gasteiger partial charge < -0.3 is 5.32 Å². The van der Waals surface area contributed by atoms with Crippen LogP contribution in [0.5, 0.6) is 0 Å². The molecule has 0 saturated heterocycles. The number of aromatic nitrogens is 3. The monoisotopic (exact) mass is 250 g/mol. The number of aryl methyl sites for hydroxylation is 1. The number of rotatable bonds is 6. The minimum atomic E-state index is 0.466. The van der Waals surface area contributed by atoms with Crippen molar-refractivity contribution in [1.29, 1.82) is 0 Å². The third-order valence-corrected chi connectivity index (χ3v) is 3.74. The zero-order valence-electron chi connectivity index (χ0n) is 10.3. The van der Waals surface area contributed by atoms with Crippen molar-refractivity contribution in [2.45, 2.75) is 32.9 Å². The molecule has 0 saturated carbocycles. The van der Waals surface area contributed by atoms with E-state index in [1.165, 1.54) is 10.7 Å². The zero-order valence-corrected chi connectivity index (χ0v) is 11.1. The molecule has 0 radical (unpaired) electrons. The predicted molar refractivity (Wildman–Crippen MR) is 70.1 cm³/mol. The first kappa shape index (κ1) is 12.3. The lowest BCUT2D eigenvalue weighted by Crippen LogP contribution is -2.21. The van der Waals surface area contributed by atoms with Gasteiger partial charge in [-0.05, 0) is 13.0 Å². The highest BCUT2D eigenvalue weighted by Crippen LogP contribution is 2.16. The fraction of sp³-hybridized carbons (Fsp3) is 0.500. The van der Waals surface area contributed by atoms with E-state index in [-0.39, 0.29) is 0 Å². The molecule has 2 aromatic heterocycles. The Morgan fingerprint density at radius 1 is 1.47 bits per heavy atom. The first-order chi connectivity index (χ1) is 8.31. The molecule has 92 valence electrons. The van der Waals surface area contributed by atoms with E-state index in [9.17, 15) is 0 Å². The zero-order chi connectivity index (χ0) is 12.1. The molecule has 1 unspecified atom stereocenters. The summed E-state index contributed by atoms with van der Waals surface area (Å²) in [7, 11) is 0. The summed E-state index contributed by atoms with van der Waals surface area (Å²) in [5, 5.41) is 10.9. The quantitative estimate of drug-likeness (QED) is 0.855. The number of hydrogen-bond donors (Lipinski definition) is 1. The van der Waals surface area contributed by atoms with Crippen molar-refractivity contribution >= 4 is 11.3 Å². The van der Waals surface area contributed by atoms with Crippen LogP contribution < -0.4 is 5.32 Å². The van der Waals surface area contributed by atoms with Crippen molar-refractivity contribution in [2.75, 3.05) is 6.54 Å². The van der Waals surface area contributed by atoms with Crippen LogP contribution in [0.4, 0.5) is 0 Å². The van der Waals surface area contributed by atoms with Crippen molar-refractivity contribution in [3.05, 3.63) is 34.5 Å². The van der Waals surface area contributed by atoms with Crippen LogP contribution in [0.1, 0.15) is 30.5 Å². The van der Waals surface area contributed by atoms with E-state index >= 15 is 0 Å². The van der Waals surface area contributed by atoms with Gasteiger partial charge in [0.1, 0.15) is 0 Å². The van der Waals surface area contributed by atoms with Gasteiger partial charge in [-0.25, -0.2) is 4.98 Å². The molecule has 0 bridgehead atoms. The van der Waals surface area contributed by atoms with Gasteiger partial charge in [0.25, 0.3) is 0 Å². The molecular weight excluding hydrogens is 232 g/mol. The molecule has 0 aliphatic heterocycles. The van der Waals surface area contributed by atoms with E-state index in [0.29, 0.717) is 5.92 Å². The molecule has 0 aliphatic rings. The molecule has 17 heavy (non-hydrogen) atoms. The summed E-state index contributed by atoms with van der Waals surface area (Å²) in [5.41, 5.74) is 1.24. The van der Waals surface area contributed by atoms with Crippen LogP contribution in [-0.4, -0.2) is 21.3 Å². The molecule has 4 nitrogen and oxygen atoms in total. The summed E-state index contributed by atoms with van der Waals surface area (Å²) in [5.74, 6) is 0.466. The van der Waals surface area contributed by atoms with E-state index in [1.54, 1.807) is 11.3 Å². The fourth-order valence-corrected chi connectivity index (χ4v) is 2.48. The highest BCUT2D eigenvalue weighted by atomic mass is 32.1. The molecule has 0 spiro atoms. The molecule has 5 heteroatoms. The average molecular weight is 250 g/mol. The SMILES string of the molecule is CCn1nccc1CNCC(C)c1nccs1. The Morgan fingerprint density at radius 3 is 3.06 bits per heavy atom. The normalized spacial score (nSPS) is 12.8. The van der Waals surface area contributed by atoms with Crippen LogP contribution in [-0.2, 0) is 13.1 Å². The van der Waals surface area contributed by atoms with Gasteiger partial charge in [-0.2, -0.15) is 5.10 Å². The second-order valence-electron chi connectivity index (χ2n) is 4.04. The van der Waals surface area contributed by atoms with Gasteiger partial charge in [0, 0.05) is 43.3 Å². The van der Waals surface area contributed by atoms with Gasteiger partial charge >= 0.3 is 0 Å². The highest BCUT2D eigenvalue weighted by molar-refractivity contribution is 7.09. The van der Waals surface area contributed by atoms with Gasteiger partial charge in [-0.1, -0.05) is 6.92 Å². The summed E-state index contributed by atoms with van der Waals surface area (Å²) in [6, 6.07) is 2.06. The van der Waals surface area contributed by atoms with E-state index in [0.717, 1.165) is 19.6 Å². The third kappa shape index (κ3) is 3.14. The Bertz CT molecular complexity index is 435. The van der Waals surface area contributed by atoms with Crippen molar-refractivity contribution in [1.82, 2.24) is 20.1 Å². The number of hydrogen-bond acceptors (Lipinski definition) is 4. The maximum atomic E-state index is 4.33. The highest BCUT2D eigenvalue weighted by Gasteiger charge is 2.08. The van der Waals surface area contributed by atoms with Crippen LogP contribution in [0.3, 0.4) is 0 Å². The van der Waals surface area contributed by atoms with Crippen molar-refractivity contribution in [2.24, 2.45) is 0 Å². The predicted octanol–water partition coefficient (Wildman–Crippen LogP) is 2.25. The van der Waals surface area contributed by atoms with Crippen LogP contribution >= 0.6 is 11.3 Å². The van der Waals surface area contributed by atoms with E-state index in [4.69, 9.17) is 0 Å². The number of nitrogens with zero attached hydrogens (tertiary/aromatic N) is 3. The molecule has 2 aromatic rings. The minimum absolute atomic E-state index is 0.466. The molecule has 2 heterocycles. The smallest absolute Gasteiger partial charge is 0.0965 e. The summed E-state index contributed by atoms with van der Waals surface area (Å²) in [6.45, 7) is 7.04. The van der Waals surface area contributed by atoms with Crippen molar-refractivity contribution in [3.63, 3.8) is 0 Å². The second kappa shape index (κ2) is 5.93. The maximum Gasteiger partial charge on any atom is 0.0965 e. The summed E-state index contributed by atoms with van der Waals surface area (Å²) < 4.78 is 2.01. The van der Waals surface area contributed by atoms with E-state index in [1.807, 2.05) is 22.5 Å². The Kier molecular flexibility index (Phi) is 4.28. The van der Waals surface area contributed by atoms with Crippen LogP contribution in [0.15, 0.2) is 23.8 Å². The Labute approximate surface area is 106 Å². The molecule has 1 N–H and O–H groups in total. The van der Waals surface area contributed by atoms with Gasteiger partial charge in [0.2, 0.25) is 0 Å². The molecular formula is C12H18N4S. The average Bonchev–Trinajstić information content (AvgIpc) is 2.99. The van der Waals surface area contributed by atoms with Gasteiger partial charge in [0.15, 0.2) is 0 Å². The Morgan fingerprint density at radius 2 is 2.35 bits per heavy atom. The number of thiazole rings is 1. The van der Waals surface area contributed by atoms with Crippen LogP contribution in [0.2, 0.25) is 0 Å². The van der Waals surface area contributed by atoms with Crippen molar-refractivity contribution in [3.8, 4) is 0 Å². The lowest BCUT2D eigenvalue weighted by atomic mass is 10.2. The molecule has 0 aromatic carbocycles. The summed E-state index contributed by atoms with van der Waals surface area (Å²) in [6.07, 6.45) is 3.72. The molecule has 0 fully saturated rings. The molecule has 0 aliphatic carbocycles. The second-order valence-corrected chi connectivity index (χ2v) is 4.97. The van der Waals surface area contributed by atoms with E-state index in [2.05, 4.69) is 35.3 Å². The topological polar surface area (TPSA) is 42.7 Å². The van der Waals surface area contributed by atoms with Crippen LogP contribution in [0, 0.1) is 0 Å². The first-order valence-electron chi connectivity index (χ1n) is 5.92. The first-order valence-corrected chi connectivity index (χ1v) is 6.80. The fourth-order valence-electron chi connectivity index (χ4n) is 1.78. The maximum absolute atomic E-state index is 4.33. The number of nitrogens with one attached hydrogen (secondary N) is 1. The molecule has 1 atom stereocenters. The van der Waals surface area contributed by atoms with Crippen LogP contribution in [0.25, 0.3) is 0 Å². The minimum Gasteiger partial charge on any atom is -0.310 e. The lowest BCUT2D eigenvalue weighted by Gasteiger charge is -2.10. The molecule has 0 amide bonds. The van der Waals surface area contributed by atoms with Gasteiger partial charge in [-0.15, -0.1) is 11.3 Å². The van der Waals surface area contributed by atoms with Gasteiger partial charge in [0.05, 0.1) is 10.7 Å². The summed E-state index contributed by atoms with van der Waals surface area (Å²) >= 11 is 1.72. The molecule has 2 rings (SSSR count).